The first-order valence-electron chi connectivity index (χ1n) is 12.1. The lowest BCUT2D eigenvalue weighted by atomic mass is 9.96. The minimum atomic E-state index is -0.0589. The van der Waals surface area contributed by atoms with E-state index in [-0.39, 0.29) is 12.1 Å². The van der Waals surface area contributed by atoms with Gasteiger partial charge in [-0.2, -0.15) is 0 Å². The van der Waals surface area contributed by atoms with Crippen LogP contribution in [-0.2, 0) is 0 Å². The zero-order valence-electron chi connectivity index (χ0n) is 21.3. The minimum Gasteiger partial charge on any atom is -0.351 e. The van der Waals surface area contributed by atoms with Gasteiger partial charge in [0.15, 0.2) is 5.11 Å². The van der Waals surface area contributed by atoms with Gasteiger partial charge in [0, 0.05) is 23.3 Å². The van der Waals surface area contributed by atoms with E-state index in [4.69, 9.17) is 17.2 Å². The number of aryl methyl sites for hydroxylation is 5. The summed E-state index contributed by atoms with van der Waals surface area (Å²) in [5.41, 5.74) is 12.1. The maximum absolute atomic E-state index is 5.96. The van der Waals surface area contributed by atoms with Crippen molar-refractivity contribution in [2.75, 3.05) is 4.90 Å². The van der Waals surface area contributed by atoms with Crippen LogP contribution < -0.4 is 10.2 Å². The lowest BCUT2D eigenvalue weighted by molar-refractivity contribution is 0.565. The van der Waals surface area contributed by atoms with Crippen molar-refractivity contribution in [1.82, 2.24) is 14.9 Å². The van der Waals surface area contributed by atoms with Crippen LogP contribution in [0.5, 0.6) is 0 Å². The van der Waals surface area contributed by atoms with E-state index in [9.17, 15) is 0 Å². The van der Waals surface area contributed by atoms with Crippen LogP contribution in [-0.4, -0.2) is 14.7 Å². The molecule has 2 aromatic carbocycles. The van der Waals surface area contributed by atoms with Crippen LogP contribution in [0.25, 0.3) is 5.69 Å². The summed E-state index contributed by atoms with van der Waals surface area (Å²) in [6.07, 6.45) is 1.86. The SMILES string of the molecule is Cc1cc(C)cc(N2C(=S)N[C@@H](c3ccccn3)[C@H]2c2cc(C)n(-c3c(C)cccc3C)c2C)c1. The molecule has 35 heavy (non-hydrogen) atoms. The van der Waals surface area contributed by atoms with E-state index in [1.165, 1.54) is 44.9 Å². The maximum Gasteiger partial charge on any atom is 0.174 e. The van der Waals surface area contributed by atoms with Gasteiger partial charge in [-0.3, -0.25) is 4.98 Å². The second-order valence-corrected chi connectivity index (χ2v) is 10.1. The van der Waals surface area contributed by atoms with Crippen LogP contribution in [0, 0.1) is 41.5 Å². The number of thiocarbonyl (C=S) groups is 1. The molecule has 0 saturated carbocycles. The van der Waals surface area contributed by atoms with Crippen molar-refractivity contribution in [2.24, 2.45) is 0 Å². The fourth-order valence-electron chi connectivity index (χ4n) is 5.63. The van der Waals surface area contributed by atoms with Crippen LogP contribution in [0.1, 0.15) is 57.0 Å². The first-order valence-corrected chi connectivity index (χ1v) is 12.5. The summed E-state index contributed by atoms with van der Waals surface area (Å²) in [6, 6.07) is 21.5. The molecule has 4 nitrogen and oxygen atoms in total. The van der Waals surface area contributed by atoms with Gasteiger partial charge in [-0.05, 0) is 112 Å². The largest absolute Gasteiger partial charge is 0.351 e. The highest BCUT2D eigenvalue weighted by atomic mass is 32.1. The zero-order valence-corrected chi connectivity index (χ0v) is 22.1. The summed E-state index contributed by atoms with van der Waals surface area (Å²) in [6.45, 7) is 13.1. The number of hydrogen-bond donors (Lipinski definition) is 1. The smallest absolute Gasteiger partial charge is 0.174 e. The van der Waals surface area contributed by atoms with Gasteiger partial charge in [0.2, 0.25) is 0 Å². The molecule has 1 aliphatic heterocycles. The molecule has 2 atom stereocenters. The molecule has 0 unspecified atom stereocenters. The summed E-state index contributed by atoms with van der Waals surface area (Å²) < 4.78 is 2.40. The Morgan fingerprint density at radius 2 is 1.51 bits per heavy atom. The number of nitrogens with one attached hydrogen (secondary N) is 1. The third-order valence-electron chi connectivity index (χ3n) is 7.03. The van der Waals surface area contributed by atoms with Gasteiger partial charge in [-0.1, -0.05) is 30.3 Å². The fourth-order valence-corrected chi connectivity index (χ4v) is 5.97. The monoisotopic (exact) mass is 480 g/mol. The van der Waals surface area contributed by atoms with Gasteiger partial charge in [0.1, 0.15) is 0 Å². The van der Waals surface area contributed by atoms with Crippen molar-refractivity contribution in [3.8, 4) is 5.69 Å². The molecule has 178 valence electrons. The summed E-state index contributed by atoms with van der Waals surface area (Å²) in [4.78, 5) is 7.01. The minimum absolute atomic E-state index is 0.0251. The highest BCUT2D eigenvalue weighted by Crippen LogP contribution is 2.44. The second kappa shape index (κ2) is 8.97. The molecule has 1 fully saturated rings. The van der Waals surface area contributed by atoms with E-state index in [0.29, 0.717) is 0 Å². The number of hydrogen-bond acceptors (Lipinski definition) is 2. The van der Waals surface area contributed by atoms with E-state index in [2.05, 4.69) is 105 Å². The first kappa shape index (κ1) is 23.3. The van der Waals surface area contributed by atoms with Crippen LogP contribution in [0.4, 0.5) is 5.69 Å². The fraction of sp³-hybridized carbons (Fsp3) is 0.267. The molecule has 0 bridgehead atoms. The molecule has 2 aromatic heterocycles. The number of para-hydroxylation sites is 1. The summed E-state index contributed by atoms with van der Waals surface area (Å²) in [7, 11) is 0. The molecule has 4 aromatic rings. The molecule has 5 rings (SSSR count). The number of rotatable bonds is 4. The van der Waals surface area contributed by atoms with E-state index < -0.39 is 0 Å². The Hall–Kier alpha value is -3.44. The Bertz CT molecular complexity index is 1380. The number of anilines is 1. The Morgan fingerprint density at radius 3 is 2.14 bits per heavy atom. The average Bonchev–Trinajstić information content (AvgIpc) is 3.30. The molecule has 5 heteroatoms. The third kappa shape index (κ3) is 4.04. The number of pyridine rings is 1. The predicted octanol–water partition coefficient (Wildman–Crippen LogP) is 6.90. The number of aromatic nitrogens is 2. The number of benzene rings is 2. The Balaban J connectivity index is 1.73. The number of nitrogens with zero attached hydrogens (tertiary/aromatic N) is 3. The lowest BCUT2D eigenvalue weighted by Crippen LogP contribution is -2.29. The highest BCUT2D eigenvalue weighted by Gasteiger charge is 2.42. The van der Waals surface area contributed by atoms with Gasteiger partial charge in [-0.15, -0.1) is 0 Å². The van der Waals surface area contributed by atoms with Gasteiger partial charge in [0.05, 0.1) is 23.5 Å². The van der Waals surface area contributed by atoms with Crippen molar-refractivity contribution in [2.45, 2.75) is 53.6 Å². The van der Waals surface area contributed by atoms with E-state index >= 15 is 0 Å². The molecule has 1 aliphatic rings. The van der Waals surface area contributed by atoms with Crippen LogP contribution in [0.2, 0.25) is 0 Å². The molecule has 0 amide bonds. The topological polar surface area (TPSA) is 33.1 Å². The average molecular weight is 481 g/mol. The predicted molar refractivity (Wildman–Crippen MR) is 149 cm³/mol. The molecular weight excluding hydrogens is 448 g/mol. The van der Waals surface area contributed by atoms with Crippen LogP contribution in [0.3, 0.4) is 0 Å². The Kier molecular flexibility index (Phi) is 5.97. The molecular formula is C30H32N4S. The normalized spacial score (nSPS) is 17.7. The molecule has 0 aliphatic carbocycles. The van der Waals surface area contributed by atoms with Crippen molar-refractivity contribution in [3.05, 3.63) is 112 Å². The molecule has 0 spiro atoms. The van der Waals surface area contributed by atoms with Crippen molar-refractivity contribution in [1.29, 1.82) is 0 Å². The van der Waals surface area contributed by atoms with Gasteiger partial charge in [-0.25, -0.2) is 0 Å². The van der Waals surface area contributed by atoms with Crippen LogP contribution >= 0.6 is 12.2 Å². The Labute approximate surface area is 213 Å². The highest BCUT2D eigenvalue weighted by molar-refractivity contribution is 7.80. The summed E-state index contributed by atoms with van der Waals surface area (Å²) in [5.74, 6) is 0. The second-order valence-electron chi connectivity index (χ2n) is 9.74. The Morgan fingerprint density at radius 1 is 0.829 bits per heavy atom. The van der Waals surface area contributed by atoms with E-state index in [1.54, 1.807) is 0 Å². The van der Waals surface area contributed by atoms with E-state index in [0.717, 1.165) is 16.5 Å². The van der Waals surface area contributed by atoms with Gasteiger partial charge >= 0.3 is 0 Å². The molecule has 0 radical (unpaired) electrons. The standard InChI is InChI=1S/C30H32N4S/c1-18-14-19(2)16-24(15-18)34-29(27(32-30(34)35)26-12-7-8-13-31-26)25-17-22(5)33(23(25)6)28-20(3)10-9-11-21(28)4/h7-17,27,29H,1-6H3,(H,32,35)/t27-,29+/m0/s1. The zero-order chi connectivity index (χ0) is 24.9. The first-order chi connectivity index (χ1) is 16.8. The summed E-state index contributed by atoms with van der Waals surface area (Å²) in [5, 5.41) is 4.34. The van der Waals surface area contributed by atoms with Gasteiger partial charge < -0.3 is 14.8 Å². The lowest BCUT2D eigenvalue weighted by Gasteiger charge is -2.29. The molecule has 1 N–H and O–H groups in total. The molecule has 1 saturated heterocycles. The van der Waals surface area contributed by atoms with Crippen LogP contribution in [0.15, 0.2) is 66.9 Å². The van der Waals surface area contributed by atoms with Crippen molar-refractivity contribution in [3.63, 3.8) is 0 Å². The molecule has 3 heterocycles. The summed E-state index contributed by atoms with van der Waals surface area (Å²) >= 11 is 5.96. The van der Waals surface area contributed by atoms with Crippen molar-refractivity contribution >= 4 is 23.0 Å². The quantitative estimate of drug-likeness (QED) is 0.322. The maximum atomic E-state index is 5.96. The van der Waals surface area contributed by atoms with Gasteiger partial charge in [0.25, 0.3) is 0 Å². The van der Waals surface area contributed by atoms with Crippen molar-refractivity contribution < 1.29 is 0 Å². The third-order valence-corrected chi connectivity index (χ3v) is 7.35. The van der Waals surface area contributed by atoms with E-state index in [1.807, 2.05) is 18.3 Å².